The Balaban J connectivity index is 2.06. The molecule has 1 aliphatic rings. The summed E-state index contributed by atoms with van der Waals surface area (Å²) < 4.78 is 5.43. The molecule has 1 aromatic carbocycles. The molecule has 1 unspecified atom stereocenters. The van der Waals surface area contributed by atoms with E-state index in [1.807, 2.05) is 0 Å². The fourth-order valence-corrected chi connectivity index (χ4v) is 2.40. The standard InChI is InChI=1S/C13H15ClN2O2S/c14-8-3-4-10(13(15)19)11(6-8)16-12(17)7-9-2-1-5-18-9/h3-4,6,9H,1-2,5,7H2,(H2,15,19)(H,16,17). The number of ether oxygens (including phenoxy) is 1. The van der Waals surface area contributed by atoms with Crippen molar-refractivity contribution in [3.8, 4) is 0 Å². The van der Waals surface area contributed by atoms with Crippen LogP contribution in [0.25, 0.3) is 0 Å². The molecule has 1 heterocycles. The van der Waals surface area contributed by atoms with Gasteiger partial charge in [0.2, 0.25) is 5.91 Å². The lowest BCUT2D eigenvalue weighted by Crippen LogP contribution is -2.21. The highest BCUT2D eigenvalue weighted by atomic mass is 35.5. The van der Waals surface area contributed by atoms with Gasteiger partial charge in [-0.2, -0.15) is 0 Å². The summed E-state index contributed by atoms with van der Waals surface area (Å²) in [6.07, 6.45) is 2.27. The van der Waals surface area contributed by atoms with E-state index in [0.29, 0.717) is 22.7 Å². The van der Waals surface area contributed by atoms with E-state index in [0.717, 1.165) is 19.4 Å². The fourth-order valence-electron chi connectivity index (χ4n) is 2.05. The van der Waals surface area contributed by atoms with Crippen molar-refractivity contribution in [3.05, 3.63) is 28.8 Å². The maximum Gasteiger partial charge on any atom is 0.227 e. The Hall–Kier alpha value is -1.17. The third kappa shape index (κ3) is 3.89. The van der Waals surface area contributed by atoms with Crippen LogP contribution in [0.1, 0.15) is 24.8 Å². The van der Waals surface area contributed by atoms with E-state index in [4.69, 9.17) is 34.3 Å². The monoisotopic (exact) mass is 298 g/mol. The molecule has 1 aromatic rings. The molecule has 1 fully saturated rings. The molecule has 3 N–H and O–H groups in total. The summed E-state index contributed by atoms with van der Waals surface area (Å²) in [7, 11) is 0. The van der Waals surface area contributed by atoms with Crippen LogP contribution in [0.15, 0.2) is 18.2 Å². The van der Waals surface area contributed by atoms with E-state index in [-0.39, 0.29) is 17.0 Å². The summed E-state index contributed by atoms with van der Waals surface area (Å²) in [5.41, 5.74) is 6.77. The first-order valence-electron chi connectivity index (χ1n) is 6.07. The van der Waals surface area contributed by atoms with Gasteiger partial charge >= 0.3 is 0 Å². The highest BCUT2D eigenvalue weighted by Crippen LogP contribution is 2.22. The van der Waals surface area contributed by atoms with Crippen molar-refractivity contribution in [2.24, 2.45) is 5.73 Å². The normalized spacial score (nSPS) is 18.3. The lowest BCUT2D eigenvalue weighted by atomic mass is 10.1. The van der Waals surface area contributed by atoms with E-state index in [9.17, 15) is 4.79 Å². The van der Waals surface area contributed by atoms with Crippen molar-refractivity contribution in [3.63, 3.8) is 0 Å². The highest BCUT2D eigenvalue weighted by Gasteiger charge is 2.19. The van der Waals surface area contributed by atoms with Gasteiger partial charge in [0.25, 0.3) is 0 Å². The Kier molecular flexibility index (Phi) is 4.74. The Bertz CT molecular complexity index is 501. The zero-order valence-electron chi connectivity index (χ0n) is 10.3. The third-order valence-electron chi connectivity index (χ3n) is 2.96. The number of rotatable bonds is 4. The molecule has 102 valence electrons. The first-order valence-corrected chi connectivity index (χ1v) is 6.85. The highest BCUT2D eigenvalue weighted by molar-refractivity contribution is 7.80. The van der Waals surface area contributed by atoms with Crippen molar-refractivity contribution in [1.29, 1.82) is 0 Å². The van der Waals surface area contributed by atoms with Gasteiger partial charge in [0.05, 0.1) is 18.2 Å². The molecule has 1 saturated heterocycles. The largest absolute Gasteiger partial charge is 0.389 e. The Morgan fingerprint density at radius 1 is 1.58 bits per heavy atom. The topological polar surface area (TPSA) is 64.3 Å². The predicted octanol–water partition coefficient (Wildman–Crippen LogP) is 2.48. The summed E-state index contributed by atoms with van der Waals surface area (Å²) in [5, 5.41) is 3.31. The average molecular weight is 299 g/mol. The van der Waals surface area contributed by atoms with E-state index in [1.54, 1.807) is 18.2 Å². The second-order valence-electron chi connectivity index (χ2n) is 4.44. The second-order valence-corrected chi connectivity index (χ2v) is 5.32. The molecule has 19 heavy (non-hydrogen) atoms. The molecule has 6 heteroatoms. The predicted molar refractivity (Wildman–Crippen MR) is 79.6 cm³/mol. The van der Waals surface area contributed by atoms with E-state index >= 15 is 0 Å². The van der Waals surface area contributed by atoms with Crippen LogP contribution in [-0.2, 0) is 9.53 Å². The van der Waals surface area contributed by atoms with Crippen molar-refractivity contribution in [2.75, 3.05) is 11.9 Å². The average Bonchev–Trinajstić information content (AvgIpc) is 2.81. The van der Waals surface area contributed by atoms with Crippen LogP contribution >= 0.6 is 23.8 Å². The summed E-state index contributed by atoms with van der Waals surface area (Å²) in [5.74, 6) is -0.119. The fraction of sp³-hybridized carbons (Fsp3) is 0.385. The van der Waals surface area contributed by atoms with Gasteiger partial charge in [-0.1, -0.05) is 23.8 Å². The summed E-state index contributed by atoms with van der Waals surface area (Å²) >= 11 is 10.9. The minimum Gasteiger partial charge on any atom is -0.389 e. The van der Waals surface area contributed by atoms with Crippen LogP contribution < -0.4 is 11.1 Å². The van der Waals surface area contributed by atoms with Gasteiger partial charge < -0.3 is 15.8 Å². The molecular formula is C13H15ClN2O2S. The van der Waals surface area contributed by atoms with Crippen molar-refractivity contribution >= 4 is 40.4 Å². The van der Waals surface area contributed by atoms with Crippen molar-refractivity contribution in [2.45, 2.75) is 25.4 Å². The first kappa shape index (κ1) is 14.2. The van der Waals surface area contributed by atoms with Crippen LogP contribution in [0.2, 0.25) is 5.02 Å². The molecule has 1 atom stereocenters. The number of hydrogen-bond donors (Lipinski definition) is 2. The molecule has 1 aliphatic heterocycles. The Morgan fingerprint density at radius 3 is 3.00 bits per heavy atom. The van der Waals surface area contributed by atoms with Gasteiger partial charge in [0, 0.05) is 17.2 Å². The van der Waals surface area contributed by atoms with Gasteiger partial charge in [-0.3, -0.25) is 4.79 Å². The lowest BCUT2D eigenvalue weighted by Gasteiger charge is -2.13. The molecule has 4 nitrogen and oxygen atoms in total. The van der Waals surface area contributed by atoms with Crippen LogP contribution in [-0.4, -0.2) is 23.6 Å². The molecule has 2 rings (SSSR count). The Morgan fingerprint density at radius 2 is 2.37 bits per heavy atom. The summed E-state index contributed by atoms with van der Waals surface area (Å²) in [4.78, 5) is 12.2. The molecule has 0 spiro atoms. The van der Waals surface area contributed by atoms with Gasteiger partial charge in [-0.25, -0.2) is 0 Å². The molecule has 1 amide bonds. The molecule has 0 aliphatic carbocycles. The van der Waals surface area contributed by atoms with Gasteiger partial charge in [0.15, 0.2) is 0 Å². The van der Waals surface area contributed by atoms with E-state index < -0.39 is 0 Å². The molecule has 0 bridgehead atoms. The number of benzene rings is 1. The summed E-state index contributed by atoms with van der Waals surface area (Å²) in [6, 6.07) is 5.03. The SMILES string of the molecule is NC(=S)c1ccc(Cl)cc1NC(=O)CC1CCCO1. The minimum atomic E-state index is -0.119. The van der Waals surface area contributed by atoms with Crippen molar-refractivity contribution in [1.82, 2.24) is 0 Å². The number of nitrogens with two attached hydrogens (primary N) is 1. The Labute approximate surface area is 122 Å². The number of nitrogens with one attached hydrogen (secondary N) is 1. The molecular weight excluding hydrogens is 284 g/mol. The number of hydrogen-bond acceptors (Lipinski definition) is 3. The van der Waals surface area contributed by atoms with Gasteiger partial charge in [-0.15, -0.1) is 0 Å². The first-order chi connectivity index (χ1) is 9.06. The maximum atomic E-state index is 11.9. The zero-order valence-corrected chi connectivity index (χ0v) is 11.9. The van der Waals surface area contributed by atoms with Crippen LogP contribution in [0.5, 0.6) is 0 Å². The quantitative estimate of drug-likeness (QED) is 0.838. The number of carbonyl (C=O) groups excluding carboxylic acids is 1. The molecule has 0 radical (unpaired) electrons. The second kappa shape index (κ2) is 6.32. The lowest BCUT2D eigenvalue weighted by molar-refractivity contribution is -0.118. The number of thiocarbonyl (C=S) groups is 1. The number of anilines is 1. The van der Waals surface area contributed by atoms with Crippen LogP contribution in [0, 0.1) is 0 Å². The number of halogens is 1. The number of carbonyl (C=O) groups is 1. The van der Waals surface area contributed by atoms with Gasteiger partial charge in [-0.05, 0) is 31.0 Å². The van der Waals surface area contributed by atoms with Crippen molar-refractivity contribution < 1.29 is 9.53 Å². The number of amides is 1. The maximum absolute atomic E-state index is 11.9. The minimum absolute atomic E-state index is 0.00691. The van der Waals surface area contributed by atoms with E-state index in [1.165, 1.54) is 0 Å². The molecule has 0 saturated carbocycles. The third-order valence-corrected chi connectivity index (χ3v) is 3.41. The van der Waals surface area contributed by atoms with Crippen LogP contribution in [0.3, 0.4) is 0 Å². The molecule has 0 aromatic heterocycles. The van der Waals surface area contributed by atoms with E-state index in [2.05, 4.69) is 5.32 Å². The smallest absolute Gasteiger partial charge is 0.227 e. The van der Waals surface area contributed by atoms with Gasteiger partial charge in [0.1, 0.15) is 4.99 Å². The summed E-state index contributed by atoms with van der Waals surface area (Å²) in [6.45, 7) is 0.729. The zero-order chi connectivity index (χ0) is 13.8. The van der Waals surface area contributed by atoms with Crippen LogP contribution in [0.4, 0.5) is 5.69 Å².